The maximum atomic E-state index is 12.6. The summed E-state index contributed by atoms with van der Waals surface area (Å²) in [6.45, 7) is 4.27. The number of amides is 1. The minimum atomic E-state index is -0.493. The molecule has 9 nitrogen and oxygen atoms in total. The number of carbonyl (C=O) groups is 2. The van der Waals surface area contributed by atoms with E-state index in [0.29, 0.717) is 11.3 Å². The first kappa shape index (κ1) is 23.3. The van der Waals surface area contributed by atoms with Crippen molar-refractivity contribution in [1.29, 1.82) is 0 Å². The molecule has 3 heterocycles. The number of carbonyl (C=O) groups excluding carboxylic acids is 2. The van der Waals surface area contributed by atoms with Gasteiger partial charge in [-0.05, 0) is 49.1 Å². The minimum absolute atomic E-state index is 0.0188. The minimum Gasteiger partial charge on any atom is -0.465 e. The highest BCUT2D eigenvalue weighted by Gasteiger charge is 2.44. The van der Waals surface area contributed by atoms with E-state index in [1.54, 1.807) is 24.3 Å². The fraction of sp³-hybridized carbons (Fsp3) is 0.320. The number of benzene rings is 2. The molecular weight excluding hydrogens is 464 g/mol. The van der Waals surface area contributed by atoms with Gasteiger partial charge in [0.05, 0.1) is 36.2 Å². The van der Waals surface area contributed by atoms with Crippen molar-refractivity contribution in [1.82, 2.24) is 20.8 Å². The van der Waals surface area contributed by atoms with Crippen molar-refractivity contribution in [2.75, 3.05) is 18.2 Å². The fourth-order valence-electron chi connectivity index (χ4n) is 4.55. The summed E-state index contributed by atoms with van der Waals surface area (Å²) < 4.78 is 4.79. The van der Waals surface area contributed by atoms with Gasteiger partial charge in [0, 0.05) is 12.4 Å². The Hall–Kier alpha value is -3.50. The van der Waals surface area contributed by atoms with E-state index < -0.39 is 5.97 Å². The number of esters is 1. The second kappa shape index (κ2) is 9.63. The van der Waals surface area contributed by atoms with Gasteiger partial charge in [0.25, 0.3) is 0 Å². The van der Waals surface area contributed by atoms with E-state index in [1.165, 1.54) is 35.6 Å². The summed E-state index contributed by atoms with van der Waals surface area (Å²) in [6.07, 6.45) is 4.92. The second-order valence-electron chi connectivity index (χ2n) is 8.78. The van der Waals surface area contributed by atoms with Gasteiger partial charge >= 0.3 is 5.97 Å². The highest BCUT2D eigenvalue weighted by Crippen LogP contribution is 2.35. The van der Waals surface area contributed by atoms with Crippen LogP contribution in [0.1, 0.15) is 39.5 Å². The Kier molecular flexibility index (Phi) is 6.40. The number of amidine groups is 1. The Balaban J connectivity index is 1.19. The molecule has 0 aromatic heterocycles. The highest BCUT2D eigenvalue weighted by atomic mass is 32.2. The van der Waals surface area contributed by atoms with Crippen LogP contribution in [0.15, 0.2) is 60.0 Å². The van der Waals surface area contributed by atoms with Crippen LogP contribution in [0.3, 0.4) is 0 Å². The van der Waals surface area contributed by atoms with E-state index in [4.69, 9.17) is 4.74 Å². The first-order chi connectivity index (χ1) is 16.9. The van der Waals surface area contributed by atoms with Crippen LogP contribution in [-0.2, 0) is 9.53 Å². The SMILES string of the molecule is COC(=O)c1ccccc1NC(=O)CSC1=NNC2C3CC(c4ccc(C)c(C)c4)NN3C=CN12. The van der Waals surface area contributed by atoms with Crippen LogP contribution in [0.4, 0.5) is 5.69 Å². The zero-order valence-corrected chi connectivity index (χ0v) is 20.6. The molecule has 3 aliphatic rings. The van der Waals surface area contributed by atoms with Crippen molar-refractivity contribution in [3.05, 3.63) is 77.1 Å². The Labute approximate surface area is 208 Å². The zero-order valence-electron chi connectivity index (χ0n) is 19.8. The van der Waals surface area contributed by atoms with Crippen LogP contribution in [0.2, 0.25) is 0 Å². The molecule has 2 aromatic carbocycles. The van der Waals surface area contributed by atoms with Gasteiger partial charge in [-0.2, -0.15) is 5.10 Å². The quantitative estimate of drug-likeness (QED) is 0.548. The maximum absolute atomic E-state index is 12.6. The molecule has 182 valence electrons. The summed E-state index contributed by atoms with van der Waals surface area (Å²) in [7, 11) is 1.32. The number of methoxy groups -OCH3 is 1. The fourth-order valence-corrected chi connectivity index (χ4v) is 5.32. The highest BCUT2D eigenvalue weighted by molar-refractivity contribution is 8.14. The summed E-state index contributed by atoms with van der Waals surface area (Å²) in [6, 6.07) is 13.8. The van der Waals surface area contributed by atoms with Gasteiger partial charge in [-0.15, -0.1) is 0 Å². The van der Waals surface area contributed by atoms with E-state index in [2.05, 4.69) is 63.2 Å². The predicted octanol–water partition coefficient (Wildman–Crippen LogP) is 3.07. The number of thioether (sulfide) groups is 1. The Morgan fingerprint density at radius 3 is 2.80 bits per heavy atom. The van der Waals surface area contributed by atoms with E-state index in [1.807, 2.05) is 12.4 Å². The molecule has 0 spiro atoms. The number of hydrogen-bond acceptors (Lipinski definition) is 9. The number of fused-ring (bicyclic) bond motifs is 3. The lowest BCUT2D eigenvalue weighted by atomic mass is 9.97. The molecule has 1 fully saturated rings. The number of ether oxygens (including phenoxy) is 1. The number of hydrogen-bond donors (Lipinski definition) is 3. The topological polar surface area (TPSA) is 98.3 Å². The number of nitrogens with zero attached hydrogens (tertiary/aromatic N) is 3. The van der Waals surface area contributed by atoms with Crippen molar-refractivity contribution in [3.8, 4) is 0 Å². The zero-order chi connectivity index (χ0) is 24.5. The summed E-state index contributed by atoms with van der Waals surface area (Å²) in [4.78, 5) is 26.6. The number of nitrogens with one attached hydrogen (secondary N) is 3. The van der Waals surface area contributed by atoms with Crippen molar-refractivity contribution >= 4 is 34.5 Å². The van der Waals surface area contributed by atoms with Crippen LogP contribution in [0.5, 0.6) is 0 Å². The molecule has 0 radical (unpaired) electrons. The van der Waals surface area contributed by atoms with Crippen molar-refractivity contribution in [2.24, 2.45) is 5.10 Å². The van der Waals surface area contributed by atoms with Crippen molar-refractivity contribution < 1.29 is 14.3 Å². The molecule has 35 heavy (non-hydrogen) atoms. The van der Waals surface area contributed by atoms with Gasteiger partial charge < -0.3 is 20.0 Å². The van der Waals surface area contributed by atoms with Crippen molar-refractivity contribution in [2.45, 2.75) is 38.5 Å². The summed E-state index contributed by atoms with van der Waals surface area (Å²) in [5.41, 5.74) is 11.5. The summed E-state index contributed by atoms with van der Waals surface area (Å²) in [5.74, 6) is -0.559. The van der Waals surface area contributed by atoms with E-state index in [0.717, 1.165) is 11.6 Å². The molecular formula is C25H28N6O3S. The van der Waals surface area contributed by atoms with Crippen LogP contribution in [-0.4, -0.2) is 52.0 Å². The number of aryl methyl sites for hydroxylation is 2. The predicted molar refractivity (Wildman–Crippen MR) is 136 cm³/mol. The van der Waals surface area contributed by atoms with Crippen LogP contribution in [0.25, 0.3) is 0 Å². The average molecular weight is 493 g/mol. The Morgan fingerprint density at radius 2 is 2.00 bits per heavy atom. The third-order valence-electron chi connectivity index (χ3n) is 6.58. The van der Waals surface area contributed by atoms with Gasteiger partial charge in [0.15, 0.2) is 5.17 Å². The first-order valence-corrected chi connectivity index (χ1v) is 12.4. The number of rotatable bonds is 5. The Morgan fingerprint density at radius 1 is 1.17 bits per heavy atom. The number of hydrazone groups is 1. The van der Waals surface area contributed by atoms with Gasteiger partial charge in [0.1, 0.15) is 6.17 Å². The standard InChI is InChI=1S/C25H28N6O3S/c1-15-8-9-17(12-16(15)2)20-13-21-23-27-28-25(30(23)10-11-31(21)29-20)35-14-22(32)26-19-7-5-4-6-18(19)24(33)34-3/h4-12,20-21,23,27,29H,13-14H2,1-3H3,(H,26,32). The van der Waals surface area contributed by atoms with E-state index in [-0.39, 0.29) is 29.9 Å². The van der Waals surface area contributed by atoms with Crippen LogP contribution in [0, 0.1) is 13.8 Å². The monoisotopic (exact) mass is 492 g/mol. The van der Waals surface area contributed by atoms with Gasteiger partial charge in [0.2, 0.25) is 5.91 Å². The third-order valence-corrected chi connectivity index (χ3v) is 7.54. The third kappa shape index (κ3) is 4.59. The van der Waals surface area contributed by atoms with Gasteiger partial charge in [-0.3, -0.25) is 10.2 Å². The lowest BCUT2D eigenvalue weighted by Crippen LogP contribution is -2.54. The maximum Gasteiger partial charge on any atom is 0.339 e. The molecule has 0 aliphatic carbocycles. The van der Waals surface area contributed by atoms with Gasteiger partial charge in [-0.25, -0.2) is 10.2 Å². The number of para-hydroxylation sites is 1. The number of hydrazine groups is 1. The first-order valence-electron chi connectivity index (χ1n) is 11.5. The smallest absolute Gasteiger partial charge is 0.339 e. The molecule has 10 heteroatoms. The molecule has 1 amide bonds. The molecule has 3 unspecified atom stereocenters. The van der Waals surface area contributed by atoms with Crippen LogP contribution >= 0.6 is 11.8 Å². The average Bonchev–Trinajstić information content (AvgIpc) is 3.48. The summed E-state index contributed by atoms with van der Waals surface area (Å²) >= 11 is 1.35. The molecule has 3 atom stereocenters. The van der Waals surface area contributed by atoms with E-state index >= 15 is 0 Å². The molecule has 0 saturated carbocycles. The molecule has 0 bridgehead atoms. The molecule has 2 aromatic rings. The van der Waals surface area contributed by atoms with Gasteiger partial charge in [-0.1, -0.05) is 42.1 Å². The van der Waals surface area contributed by atoms with E-state index in [9.17, 15) is 9.59 Å². The lowest BCUT2D eigenvalue weighted by Gasteiger charge is -2.36. The largest absolute Gasteiger partial charge is 0.465 e. The summed E-state index contributed by atoms with van der Waals surface area (Å²) in [5, 5.41) is 10.2. The Bertz CT molecular complexity index is 1220. The van der Waals surface area contributed by atoms with Crippen LogP contribution < -0.4 is 16.2 Å². The molecule has 1 saturated heterocycles. The number of anilines is 1. The van der Waals surface area contributed by atoms with Crippen molar-refractivity contribution in [3.63, 3.8) is 0 Å². The molecule has 3 aliphatic heterocycles. The molecule has 3 N–H and O–H groups in total. The normalized spacial score (nSPS) is 22.3. The second-order valence-corrected chi connectivity index (χ2v) is 9.73. The molecule has 5 rings (SSSR count). The lowest BCUT2D eigenvalue weighted by molar-refractivity contribution is -0.113.